The standard InChI is InChI=1S/C10H11N3O2/c11-4-8-1-2-9(15-8)6-12-7-3-10(14)13-5-7/h1-2,7,12H,3,5-6H2,(H,13,14). The van der Waals surface area contributed by atoms with Crippen molar-refractivity contribution >= 4 is 5.91 Å². The second kappa shape index (κ2) is 4.15. The average molecular weight is 205 g/mol. The van der Waals surface area contributed by atoms with E-state index in [0.717, 1.165) is 0 Å². The largest absolute Gasteiger partial charge is 0.449 e. The molecule has 15 heavy (non-hydrogen) atoms. The molecule has 5 nitrogen and oxygen atoms in total. The topological polar surface area (TPSA) is 78.1 Å². The highest BCUT2D eigenvalue weighted by atomic mass is 16.3. The number of amides is 1. The monoisotopic (exact) mass is 205 g/mol. The lowest BCUT2D eigenvalue weighted by Crippen LogP contribution is -2.30. The van der Waals surface area contributed by atoms with Crippen molar-refractivity contribution in [1.82, 2.24) is 10.6 Å². The quantitative estimate of drug-likeness (QED) is 0.735. The zero-order valence-corrected chi connectivity index (χ0v) is 8.12. The Kier molecular flexibility index (Phi) is 2.70. The van der Waals surface area contributed by atoms with Crippen LogP contribution in [-0.2, 0) is 11.3 Å². The number of nitrogens with one attached hydrogen (secondary N) is 2. The Morgan fingerprint density at radius 2 is 2.53 bits per heavy atom. The molecular formula is C10H11N3O2. The summed E-state index contributed by atoms with van der Waals surface area (Å²) in [5.74, 6) is 1.10. The van der Waals surface area contributed by atoms with Crippen LogP contribution in [0.4, 0.5) is 0 Å². The molecule has 0 saturated carbocycles. The van der Waals surface area contributed by atoms with Gasteiger partial charge in [-0.05, 0) is 12.1 Å². The molecule has 0 bridgehead atoms. The smallest absolute Gasteiger partial charge is 0.221 e. The number of rotatable bonds is 3. The van der Waals surface area contributed by atoms with Crippen LogP contribution in [0.1, 0.15) is 17.9 Å². The first-order chi connectivity index (χ1) is 7.28. The molecule has 5 heteroatoms. The molecule has 0 aromatic carbocycles. The summed E-state index contributed by atoms with van der Waals surface area (Å²) in [6.45, 7) is 1.20. The maximum atomic E-state index is 10.9. The molecule has 1 aliphatic rings. The number of hydrogen-bond acceptors (Lipinski definition) is 4. The van der Waals surface area contributed by atoms with Crippen molar-refractivity contribution in [3.63, 3.8) is 0 Å². The van der Waals surface area contributed by atoms with Crippen LogP contribution in [-0.4, -0.2) is 18.5 Å². The van der Waals surface area contributed by atoms with E-state index in [9.17, 15) is 4.79 Å². The van der Waals surface area contributed by atoms with Crippen molar-refractivity contribution in [2.45, 2.75) is 19.0 Å². The Balaban J connectivity index is 1.83. The zero-order chi connectivity index (χ0) is 10.7. The fraction of sp³-hybridized carbons (Fsp3) is 0.400. The highest BCUT2D eigenvalue weighted by molar-refractivity contribution is 5.78. The molecule has 1 unspecified atom stereocenters. The maximum Gasteiger partial charge on any atom is 0.221 e. The summed E-state index contributed by atoms with van der Waals surface area (Å²) >= 11 is 0. The van der Waals surface area contributed by atoms with Gasteiger partial charge in [0.15, 0.2) is 0 Å². The van der Waals surface area contributed by atoms with Gasteiger partial charge in [-0.15, -0.1) is 0 Å². The van der Waals surface area contributed by atoms with Crippen LogP contribution in [0.3, 0.4) is 0 Å². The highest BCUT2D eigenvalue weighted by Crippen LogP contribution is 2.07. The number of carbonyl (C=O) groups is 1. The first kappa shape index (κ1) is 9.74. The van der Waals surface area contributed by atoms with Crippen molar-refractivity contribution < 1.29 is 9.21 Å². The molecule has 2 heterocycles. The van der Waals surface area contributed by atoms with E-state index >= 15 is 0 Å². The highest BCUT2D eigenvalue weighted by Gasteiger charge is 2.20. The minimum atomic E-state index is 0.0738. The third-order valence-electron chi connectivity index (χ3n) is 2.31. The molecule has 1 aromatic rings. The van der Waals surface area contributed by atoms with Crippen molar-refractivity contribution in [2.24, 2.45) is 0 Å². The normalized spacial score (nSPS) is 19.9. The molecule has 78 valence electrons. The third kappa shape index (κ3) is 2.36. The second-order valence-corrected chi connectivity index (χ2v) is 3.46. The van der Waals surface area contributed by atoms with Crippen LogP contribution in [0.2, 0.25) is 0 Å². The number of hydrogen-bond donors (Lipinski definition) is 2. The Labute approximate surface area is 87.1 Å². The summed E-state index contributed by atoms with van der Waals surface area (Å²) in [7, 11) is 0. The van der Waals surface area contributed by atoms with E-state index in [2.05, 4.69) is 10.6 Å². The lowest BCUT2D eigenvalue weighted by atomic mass is 10.2. The van der Waals surface area contributed by atoms with Gasteiger partial charge in [0.2, 0.25) is 11.7 Å². The Hall–Kier alpha value is -1.80. The average Bonchev–Trinajstić information content (AvgIpc) is 2.83. The Morgan fingerprint density at radius 1 is 1.67 bits per heavy atom. The van der Waals surface area contributed by atoms with Crippen molar-refractivity contribution in [3.05, 3.63) is 23.7 Å². The minimum absolute atomic E-state index is 0.0738. The van der Waals surface area contributed by atoms with Crippen molar-refractivity contribution in [1.29, 1.82) is 5.26 Å². The molecule has 1 saturated heterocycles. The van der Waals surface area contributed by atoms with Gasteiger partial charge in [0.05, 0.1) is 6.54 Å². The fourth-order valence-corrected chi connectivity index (χ4v) is 1.53. The molecule has 1 atom stereocenters. The predicted octanol–water partition coefficient (Wildman–Crippen LogP) is 0.129. The summed E-state index contributed by atoms with van der Waals surface area (Å²) in [4.78, 5) is 10.9. The van der Waals surface area contributed by atoms with E-state index in [0.29, 0.717) is 31.0 Å². The van der Waals surface area contributed by atoms with E-state index in [1.165, 1.54) is 0 Å². The maximum absolute atomic E-state index is 10.9. The van der Waals surface area contributed by atoms with Gasteiger partial charge in [0.25, 0.3) is 0 Å². The van der Waals surface area contributed by atoms with E-state index in [1.807, 2.05) is 6.07 Å². The lowest BCUT2D eigenvalue weighted by molar-refractivity contribution is -0.119. The van der Waals surface area contributed by atoms with Crippen LogP contribution in [0.5, 0.6) is 0 Å². The van der Waals surface area contributed by atoms with Crippen LogP contribution in [0.15, 0.2) is 16.5 Å². The van der Waals surface area contributed by atoms with Gasteiger partial charge in [-0.3, -0.25) is 4.79 Å². The summed E-state index contributed by atoms with van der Waals surface area (Å²) in [5.41, 5.74) is 0. The number of nitrogens with zero attached hydrogens (tertiary/aromatic N) is 1. The molecule has 0 spiro atoms. The number of nitriles is 1. The summed E-state index contributed by atoms with van der Waals surface area (Å²) < 4.78 is 5.19. The summed E-state index contributed by atoms with van der Waals surface area (Å²) in [6, 6.07) is 5.48. The van der Waals surface area contributed by atoms with Crippen molar-refractivity contribution in [2.75, 3.05) is 6.54 Å². The second-order valence-electron chi connectivity index (χ2n) is 3.46. The predicted molar refractivity (Wildman–Crippen MR) is 51.7 cm³/mol. The Morgan fingerprint density at radius 3 is 3.13 bits per heavy atom. The molecular weight excluding hydrogens is 194 g/mol. The van der Waals surface area contributed by atoms with E-state index < -0.39 is 0 Å². The third-order valence-corrected chi connectivity index (χ3v) is 2.31. The van der Waals surface area contributed by atoms with Gasteiger partial charge < -0.3 is 15.1 Å². The minimum Gasteiger partial charge on any atom is -0.449 e. The number of furan rings is 1. The Bertz CT molecular complexity index is 405. The van der Waals surface area contributed by atoms with Crippen molar-refractivity contribution in [3.8, 4) is 6.07 Å². The van der Waals surface area contributed by atoms with Gasteiger partial charge in [-0.1, -0.05) is 0 Å². The van der Waals surface area contributed by atoms with Crippen LogP contribution >= 0.6 is 0 Å². The van der Waals surface area contributed by atoms with Gasteiger partial charge in [-0.2, -0.15) is 5.26 Å². The zero-order valence-electron chi connectivity index (χ0n) is 8.12. The van der Waals surface area contributed by atoms with Gasteiger partial charge in [0.1, 0.15) is 11.8 Å². The lowest BCUT2D eigenvalue weighted by Gasteiger charge is -2.07. The first-order valence-electron chi connectivity index (χ1n) is 4.77. The van der Waals surface area contributed by atoms with E-state index in [4.69, 9.17) is 9.68 Å². The van der Waals surface area contributed by atoms with Gasteiger partial charge >= 0.3 is 0 Å². The molecule has 1 fully saturated rings. The molecule has 0 radical (unpaired) electrons. The molecule has 2 N–H and O–H groups in total. The molecule has 2 rings (SSSR count). The molecule has 1 aliphatic heterocycles. The van der Waals surface area contributed by atoms with Gasteiger partial charge in [-0.25, -0.2) is 0 Å². The fourth-order valence-electron chi connectivity index (χ4n) is 1.53. The van der Waals surface area contributed by atoms with Gasteiger partial charge in [0, 0.05) is 19.0 Å². The molecule has 0 aliphatic carbocycles. The van der Waals surface area contributed by atoms with E-state index in [1.54, 1.807) is 12.1 Å². The van der Waals surface area contributed by atoms with E-state index in [-0.39, 0.29) is 11.9 Å². The van der Waals surface area contributed by atoms with Crippen LogP contribution < -0.4 is 10.6 Å². The van der Waals surface area contributed by atoms with Crippen LogP contribution in [0, 0.1) is 11.3 Å². The number of carbonyl (C=O) groups excluding carboxylic acids is 1. The molecule has 1 amide bonds. The van der Waals surface area contributed by atoms with Crippen LogP contribution in [0.25, 0.3) is 0 Å². The summed E-state index contributed by atoms with van der Waals surface area (Å²) in [6.07, 6.45) is 0.506. The SMILES string of the molecule is N#Cc1ccc(CNC2CNC(=O)C2)o1. The summed E-state index contributed by atoms with van der Waals surface area (Å²) in [5, 5.41) is 14.5. The molecule has 1 aromatic heterocycles. The first-order valence-corrected chi connectivity index (χ1v) is 4.77.